The van der Waals surface area contributed by atoms with Crippen LogP contribution in [-0.4, -0.2) is 9.97 Å². The second-order valence-corrected chi connectivity index (χ2v) is 5.72. The lowest BCUT2D eigenvalue weighted by atomic mass is 10.1. The monoisotopic (exact) mass is 318 g/mol. The molecule has 0 atom stereocenters. The Bertz CT molecular complexity index is 706. The van der Waals surface area contributed by atoms with E-state index in [1.165, 1.54) is 15.6 Å². The van der Waals surface area contributed by atoms with Crippen LogP contribution in [0.15, 0.2) is 40.3 Å². The van der Waals surface area contributed by atoms with Crippen molar-refractivity contribution in [3.63, 3.8) is 0 Å². The predicted molar refractivity (Wildman–Crippen MR) is 79.9 cm³/mol. The van der Waals surface area contributed by atoms with Crippen LogP contribution in [0.3, 0.4) is 0 Å². The van der Waals surface area contributed by atoms with Crippen molar-refractivity contribution in [1.82, 2.24) is 9.97 Å². The molecule has 3 aromatic rings. The molecule has 18 heavy (non-hydrogen) atoms. The van der Waals surface area contributed by atoms with Gasteiger partial charge in [-0.15, -0.1) is 11.3 Å². The van der Waals surface area contributed by atoms with E-state index in [-0.39, 0.29) is 0 Å². The Morgan fingerprint density at radius 2 is 2.11 bits per heavy atom. The number of thiophene rings is 1. The van der Waals surface area contributed by atoms with Crippen LogP contribution in [0.1, 0.15) is 12.7 Å². The number of rotatable bonds is 2. The van der Waals surface area contributed by atoms with Gasteiger partial charge in [-0.3, -0.25) is 0 Å². The van der Waals surface area contributed by atoms with E-state index in [4.69, 9.17) is 0 Å². The highest BCUT2D eigenvalue weighted by Gasteiger charge is 2.08. The number of aryl methyl sites for hydroxylation is 1. The van der Waals surface area contributed by atoms with Crippen molar-refractivity contribution in [3.05, 3.63) is 46.1 Å². The largest absolute Gasteiger partial charge is 0.233 e. The summed E-state index contributed by atoms with van der Waals surface area (Å²) in [6.07, 6.45) is 0.840. The second-order valence-electron chi connectivity index (χ2n) is 3.99. The van der Waals surface area contributed by atoms with Crippen LogP contribution in [0.5, 0.6) is 0 Å². The van der Waals surface area contributed by atoms with Gasteiger partial charge in [0.05, 0.1) is 5.69 Å². The molecule has 0 radical (unpaired) electrons. The molecule has 2 heterocycles. The van der Waals surface area contributed by atoms with Crippen LogP contribution in [0.25, 0.3) is 21.3 Å². The Labute approximate surface area is 118 Å². The molecule has 0 saturated heterocycles. The molecule has 0 aliphatic heterocycles. The highest BCUT2D eigenvalue weighted by Crippen LogP contribution is 2.32. The van der Waals surface area contributed by atoms with E-state index in [0.29, 0.717) is 0 Å². The third-order valence-electron chi connectivity index (χ3n) is 2.81. The van der Waals surface area contributed by atoms with Gasteiger partial charge in [0.2, 0.25) is 0 Å². The van der Waals surface area contributed by atoms with Crippen LogP contribution in [0.2, 0.25) is 0 Å². The topological polar surface area (TPSA) is 25.8 Å². The van der Waals surface area contributed by atoms with Crippen molar-refractivity contribution in [1.29, 1.82) is 0 Å². The van der Waals surface area contributed by atoms with Gasteiger partial charge in [0.25, 0.3) is 0 Å². The lowest BCUT2D eigenvalue weighted by Crippen LogP contribution is -1.95. The molecule has 0 aliphatic carbocycles. The summed E-state index contributed by atoms with van der Waals surface area (Å²) in [5.41, 5.74) is 2.17. The molecule has 0 fully saturated rings. The summed E-state index contributed by atoms with van der Waals surface area (Å²) in [4.78, 5) is 8.97. The van der Waals surface area contributed by atoms with E-state index < -0.39 is 0 Å². The van der Waals surface area contributed by atoms with Gasteiger partial charge in [0, 0.05) is 16.7 Å². The predicted octanol–water partition coefficient (Wildman–Crippen LogP) is 4.68. The molecule has 0 spiro atoms. The maximum Gasteiger partial charge on any atom is 0.130 e. The maximum absolute atomic E-state index is 4.62. The fraction of sp³-hybridized carbons (Fsp3) is 0.143. The van der Waals surface area contributed by atoms with Gasteiger partial charge in [-0.25, -0.2) is 9.97 Å². The van der Waals surface area contributed by atoms with Crippen molar-refractivity contribution in [2.75, 3.05) is 0 Å². The maximum atomic E-state index is 4.62. The zero-order valence-corrected chi connectivity index (χ0v) is 12.3. The van der Waals surface area contributed by atoms with Crippen LogP contribution in [0, 0.1) is 0 Å². The summed E-state index contributed by atoms with van der Waals surface area (Å²) in [6.45, 7) is 2.07. The molecule has 0 N–H and O–H groups in total. The Hall–Kier alpha value is -1.26. The van der Waals surface area contributed by atoms with Gasteiger partial charge in [0.15, 0.2) is 0 Å². The first kappa shape index (κ1) is 11.8. The number of benzene rings is 1. The summed E-state index contributed by atoms with van der Waals surface area (Å²) < 4.78 is 2.13. The van der Waals surface area contributed by atoms with E-state index in [1.54, 1.807) is 11.3 Å². The third-order valence-corrected chi connectivity index (χ3v) is 4.18. The van der Waals surface area contributed by atoms with Crippen LogP contribution < -0.4 is 0 Å². The first-order valence-electron chi connectivity index (χ1n) is 5.78. The van der Waals surface area contributed by atoms with Gasteiger partial charge in [0.1, 0.15) is 10.4 Å². The lowest BCUT2D eigenvalue weighted by Gasteiger charge is -2.05. The number of aromatic nitrogens is 2. The van der Waals surface area contributed by atoms with Crippen LogP contribution in [0.4, 0.5) is 0 Å². The second kappa shape index (κ2) is 4.78. The first-order chi connectivity index (χ1) is 8.78. The van der Waals surface area contributed by atoms with Crippen molar-refractivity contribution in [2.45, 2.75) is 13.3 Å². The fourth-order valence-electron chi connectivity index (χ4n) is 1.96. The minimum absolute atomic E-state index is 0.840. The fourth-order valence-corrected chi connectivity index (χ4v) is 3.30. The molecular weight excluding hydrogens is 308 g/mol. The Morgan fingerprint density at radius 1 is 1.22 bits per heavy atom. The summed E-state index contributed by atoms with van der Waals surface area (Å²) in [6, 6.07) is 10.4. The molecule has 90 valence electrons. The zero-order valence-electron chi connectivity index (χ0n) is 9.85. The highest BCUT2D eigenvalue weighted by atomic mass is 79.9. The zero-order chi connectivity index (χ0) is 12.5. The van der Waals surface area contributed by atoms with E-state index in [1.807, 2.05) is 6.07 Å². The van der Waals surface area contributed by atoms with Gasteiger partial charge in [-0.05, 0) is 38.8 Å². The molecule has 2 aromatic heterocycles. The summed E-state index contributed by atoms with van der Waals surface area (Å²) in [5, 5.41) is 3.38. The minimum Gasteiger partial charge on any atom is -0.233 e. The lowest BCUT2D eigenvalue weighted by molar-refractivity contribution is 0.932. The normalized spacial score (nSPS) is 11.0. The molecule has 0 saturated carbocycles. The van der Waals surface area contributed by atoms with Crippen molar-refractivity contribution in [2.24, 2.45) is 0 Å². The third kappa shape index (κ3) is 2.06. The van der Waals surface area contributed by atoms with E-state index in [2.05, 4.69) is 62.5 Å². The molecule has 0 amide bonds. The smallest absolute Gasteiger partial charge is 0.130 e. The van der Waals surface area contributed by atoms with E-state index >= 15 is 0 Å². The summed E-state index contributed by atoms with van der Waals surface area (Å²) >= 11 is 5.21. The molecule has 0 aliphatic rings. The molecule has 2 nitrogen and oxygen atoms in total. The number of halogens is 1. The van der Waals surface area contributed by atoms with Gasteiger partial charge >= 0.3 is 0 Å². The van der Waals surface area contributed by atoms with Crippen LogP contribution in [-0.2, 0) is 6.42 Å². The van der Waals surface area contributed by atoms with E-state index in [0.717, 1.165) is 22.5 Å². The molecule has 3 rings (SSSR count). The number of fused-ring (bicyclic) bond motifs is 1. The Kier molecular flexibility index (Phi) is 3.14. The molecule has 4 heteroatoms. The van der Waals surface area contributed by atoms with Crippen LogP contribution >= 0.6 is 27.3 Å². The van der Waals surface area contributed by atoms with Crippen molar-refractivity contribution >= 4 is 37.4 Å². The van der Waals surface area contributed by atoms with Crippen molar-refractivity contribution in [3.8, 4) is 11.3 Å². The minimum atomic E-state index is 0.840. The average molecular weight is 319 g/mol. The van der Waals surface area contributed by atoms with Gasteiger partial charge in [-0.1, -0.05) is 25.1 Å². The molecule has 0 bridgehead atoms. The quantitative estimate of drug-likeness (QED) is 0.641. The Morgan fingerprint density at radius 3 is 2.94 bits per heavy atom. The molecule has 1 aromatic carbocycles. The molecular formula is C14H11BrN2S. The summed E-state index contributed by atoms with van der Waals surface area (Å²) in [7, 11) is 0. The molecule has 0 unspecified atom stereocenters. The van der Waals surface area contributed by atoms with Gasteiger partial charge in [-0.2, -0.15) is 0 Å². The standard InChI is InChI=1S/C14H11BrN2S/c1-2-13-16-11(8-12(15)17-13)10-5-3-4-9-6-7-18-14(9)10/h3-8H,2H2,1H3. The highest BCUT2D eigenvalue weighted by molar-refractivity contribution is 9.10. The van der Waals surface area contributed by atoms with E-state index in [9.17, 15) is 0 Å². The van der Waals surface area contributed by atoms with Gasteiger partial charge < -0.3 is 0 Å². The first-order valence-corrected chi connectivity index (χ1v) is 7.45. The Balaban J connectivity index is 2.25. The SMILES string of the molecule is CCc1nc(Br)cc(-c2cccc3ccsc23)n1. The number of hydrogen-bond donors (Lipinski definition) is 0. The average Bonchev–Trinajstić information content (AvgIpc) is 2.85. The number of hydrogen-bond acceptors (Lipinski definition) is 3. The number of nitrogens with zero attached hydrogens (tertiary/aromatic N) is 2. The van der Waals surface area contributed by atoms with Crippen molar-refractivity contribution < 1.29 is 0 Å². The summed E-state index contributed by atoms with van der Waals surface area (Å²) in [5.74, 6) is 0.868.